The van der Waals surface area contributed by atoms with Gasteiger partial charge in [0, 0.05) is 17.2 Å². The molecule has 4 heteroatoms. The van der Waals surface area contributed by atoms with Crippen LogP contribution in [0.4, 0.5) is 5.69 Å². The third-order valence-electron chi connectivity index (χ3n) is 4.67. The Morgan fingerprint density at radius 1 is 1.12 bits per heavy atom. The molecule has 2 aromatic carbocycles. The van der Waals surface area contributed by atoms with E-state index in [1.54, 1.807) is 0 Å². The normalized spacial score (nSPS) is 15.0. The van der Waals surface area contributed by atoms with Gasteiger partial charge in [-0.05, 0) is 61.7 Å². The summed E-state index contributed by atoms with van der Waals surface area (Å²) in [7, 11) is 0. The number of nitrogens with zero attached hydrogens (tertiary/aromatic N) is 1. The summed E-state index contributed by atoms with van der Waals surface area (Å²) in [6.07, 6.45) is 4.33. The lowest BCUT2D eigenvalue weighted by molar-refractivity contribution is -0.119. The molecule has 0 atom stereocenters. The molecule has 4 nitrogen and oxygen atoms in total. The van der Waals surface area contributed by atoms with Gasteiger partial charge in [-0.15, -0.1) is 0 Å². The van der Waals surface area contributed by atoms with E-state index in [1.165, 1.54) is 0 Å². The number of fused-ring (bicyclic) bond motifs is 1. The van der Waals surface area contributed by atoms with Crippen LogP contribution < -0.4 is 5.32 Å². The molecule has 0 unspecified atom stereocenters. The maximum absolute atomic E-state index is 12.2. The van der Waals surface area contributed by atoms with E-state index < -0.39 is 0 Å². The quantitative estimate of drug-likeness (QED) is 0.744. The van der Waals surface area contributed by atoms with Crippen LogP contribution in [-0.4, -0.2) is 10.9 Å². The number of amides is 1. The Bertz CT molecular complexity index is 874. The van der Waals surface area contributed by atoms with Crippen molar-refractivity contribution in [2.45, 2.75) is 32.6 Å². The van der Waals surface area contributed by atoms with Crippen molar-refractivity contribution in [3.8, 4) is 11.5 Å². The third-order valence-corrected chi connectivity index (χ3v) is 4.67. The van der Waals surface area contributed by atoms with Crippen LogP contribution in [0.25, 0.3) is 22.6 Å². The van der Waals surface area contributed by atoms with Gasteiger partial charge in [0.2, 0.25) is 11.8 Å². The molecule has 122 valence electrons. The minimum absolute atomic E-state index is 0.137. The highest BCUT2D eigenvalue weighted by molar-refractivity contribution is 5.92. The van der Waals surface area contributed by atoms with Crippen LogP contribution in [0.3, 0.4) is 0 Å². The smallest absolute Gasteiger partial charge is 0.227 e. The second kappa shape index (κ2) is 6.11. The van der Waals surface area contributed by atoms with Crippen molar-refractivity contribution in [2.75, 3.05) is 5.32 Å². The van der Waals surface area contributed by atoms with Crippen LogP contribution in [0.15, 0.2) is 46.9 Å². The summed E-state index contributed by atoms with van der Waals surface area (Å²) < 4.78 is 5.81. The molecule has 1 aromatic heterocycles. The van der Waals surface area contributed by atoms with Crippen molar-refractivity contribution in [3.05, 3.63) is 48.0 Å². The molecular formula is C20H20N2O2. The van der Waals surface area contributed by atoms with Crippen LogP contribution in [0.5, 0.6) is 0 Å². The zero-order chi connectivity index (χ0) is 16.5. The van der Waals surface area contributed by atoms with Crippen molar-refractivity contribution in [2.24, 2.45) is 5.92 Å². The van der Waals surface area contributed by atoms with Crippen molar-refractivity contribution in [3.63, 3.8) is 0 Å². The summed E-state index contributed by atoms with van der Waals surface area (Å²) in [5.74, 6) is 0.909. The maximum Gasteiger partial charge on any atom is 0.227 e. The van der Waals surface area contributed by atoms with Crippen LogP contribution >= 0.6 is 0 Å². The number of aryl methyl sites for hydroxylation is 1. The van der Waals surface area contributed by atoms with Gasteiger partial charge in [-0.25, -0.2) is 4.98 Å². The number of carbonyl (C=O) groups is 1. The number of oxazole rings is 1. The standard InChI is InChI=1S/C20H20N2O2/c1-13-6-11-18-17(12-13)22-20(24-18)15-7-9-16(10-8-15)21-19(23)14-4-2-3-5-14/h6-12,14H,2-5H2,1H3,(H,21,23). The molecule has 1 saturated carbocycles. The second-order valence-corrected chi connectivity index (χ2v) is 6.54. The van der Waals surface area contributed by atoms with Gasteiger partial charge in [0.1, 0.15) is 5.52 Å². The molecule has 1 aliphatic rings. The van der Waals surface area contributed by atoms with Crippen LogP contribution in [0, 0.1) is 12.8 Å². The number of benzene rings is 2. The molecule has 4 rings (SSSR count). The molecule has 0 spiro atoms. The Hall–Kier alpha value is -2.62. The summed E-state index contributed by atoms with van der Waals surface area (Å²) in [6, 6.07) is 13.6. The third kappa shape index (κ3) is 2.92. The number of aromatic nitrogens is 1. The first-order valence-corrected chi connectivity index (χ1v) is 8.47. The van der Waals surface area contributed by atoms with Crippen molar-refractivity contribution in [1.29, 1.82) is 0 Å². The average molecular weight is 320 g/mol. The Morgan fingerprint density at radius 2 is 1.88 bits per heavy atom. The van der Waals surface area contributed by atoms with Gasteiger partial charge < -0.3 is 9.73 Å². The van der Waals surface area contributed by atoms with E-state index in [4.69, 9.17) is 4.42 Å². The highest BCUT2D eigenvalue weighted by Gasteiger charge is 2.22. The van der Waals surface area contributed by atoms with E-state index in [0.29, 0.717) is 5.89 Å². The Morgan fingerprint density at radius 3 is 2.62 bits per heavy atom. The van der Waals surface area contributed by atoms with E-state index in [1.807, 2.05) is 49.4 Å². The molecule has 1 aliphatic carbocycles. The largest absolute Gasteiger partial charge is 0.436 e. The van der Waals surface area contributed by atoms with Gasteiger partial charge in [-0.2, -0.15) is 0 Å². The molecule has 24 heavy (non-hydrogen) atoms. The first-order chi connectivity index (χ1) is 11.7. The fraction of sp³-hybridized carbons (Fsp3) is 0.300. The summed E-state index contributed by atoms with van der Waals surface area (Å²) >= 11 is 0. The van der Waals surface area contributed by atoms with Crippen molar-refractivity contribution < 1.29 is 9.21 Å². The Balaban J connectivity index is 1.53. The Kier molecular flexibility index (Phi) is 3.81. The van der Waals surface area contributed by atoms with Gasteiger partial charge in [0.15, 0.2) is 5.58 Å². The molecule has 1 N–H and O–H groups in total. The van der Waals surface area contributed by atoms with Crippen LogP contribution in [-0.2, 0) is 4.79 Å². The molecule has 0 radical (unpaired) electrons. The number of hydrogen-bond donors (Lipinski definition) is 1. The molecule has 1 amide bonds. The summed E-state index contributed by atoms with van der Waals surface area (Å²) in [5, 5.41) is 3.01. The molecule has 3 aromatic rings. The van der Waals surface area contributed by atoms with Crippen molar-refractivity contribution in [1.82, 2.24) is 4.98 Å². The first-order valence-electron chi connectivity index (χ1n) is 8.47. The fourth-order valence-corrected chi connectivity index (χ4v) is 3.29. The van der Waals surface area contributed by atoms with Gasteiger partial charge in [0.25, 0.3) is 0 Å². The van der Waals surface area contributed by atoms with E-state index in [2.05, 4.69) is 10.3 Å². The second-order valence-electron chi connectivity index (χ2n) is 6.54. The molecular weight excluding hydrogens is 300 g/mol. The summed E-state index contributed by atoms with van der Waals surface area (Å²) in [5.41, 5.74) is 4.54. The molecule has 0 aliphatic heterocycles. The molecule has 1 heterocycles. The SMILES string of the molecule is Cc1ccc2oc(-c3ccc(NC(=O)C4CCCC4)cc3)nc2c1. The highest BCUT2D eigenvalue weighted by Crippen LogP contribution is 2.28. The van der Waals surface area contributed by atoms with E-state index in [-0.39, 0.29) is 11.8 Å². The predicted octanol–water partition coefficient (Wildman–Crippen LogP) is 4.93. The highest BCUT2D eigenvalue weighted by atomic mass is 16.3. The lowest BCUT2D eigenvalue weighted by atomic mass is 10.1. The maximum atomic E-state index is 12.2. The zero-order valence-electron chi connectivity index (χ0n) is 13.7. The summed E-state index contributed by atoms with van der Waals surface area (Å²) in [6.45, 7) is 2.04. The number of hydrogen-bond acceptors (Lipinski definition) is 3. The van der Waals surface area contributed by atoms with Crippen molar-refractivity contribution >= 4 is 22.7 Å². The van der Waals surface area contributed by atoms with Crippen LogP contribution in [0.1, 0.15) is 31.2 Å². The Labute approximate surface area is 140 Å². The van der Waals surface area contributed by atoms with Gasteiger partial charge >= 0.3 is 0 Å². The number of carbonyl (C=O) groups excluding carboxylic acids is 1. The fourth-order valence-electron chi connectivity index (χ4n) is 3.29. The van der Waals surface area contributed by atoms with E-state index in [0.717, 1.165) is 53.6 Å². The molecule has 0 bridgehead atoms. The van der Waals surface area contributed by atoms with Gasteiger partial charge in [0.05, 0.1) is 0 Å². The lowest BCUT2D eigenvalue weighted by Crippen LogP contribution is -2.20. The number of nitrogens with one attached hydrogen (secondary N) is 1. The van der Waals surface area contributed by atoms with E-state index in [9.17, 15) is 4.79 Å². The number of anilines is 1. The summed E-state index contributed by atoms with van der Waals surface area (Å²) in [4.78, 5) is 16.7. The topological polar surface area (TPSA) is 55.1 Å². The van der Waals surface area contributed by atoms with E-state index >= 15 is 0 Å². The average Bonchev–Trinajstić information content (AvgIpc) is 3.24. The zero-order valence-corrected chi connectivity index (χ0v) is 13.7. The van der Waals surface area contributed by atoms with Gasteiger partial charge in [-0.1, -0.05) is 18.9 Å². The van der Waals surface area contributed by atoms with Crippen LogP contribution in [0.2, 0.25) is 0 Å². The molecule has 1 fully saturated rings. The minimum Gasteiger partial charge on any atom is -0.436 e. The first kappa shape index (κ1) is 14.9. The van der Waals surface area contributed by atoms with Gasteiger partial charge in [-0.3, -0.25) is 4.79 Å². The minimum atomic E-state index is 0.137. The monoisotopic (exact) mass is 320 g/mol. The predicted molar refractivity (Wildman–Crippen MR) is 94.8 cm³/mol. The lowest BCUT2D eigenvalue weighted by Gasteiger charge is -2.10. The molecule has 0 saturated heterocycles. The number of rotatable bonds is 3.